The van der Waals surface area contributed by atoms with Crippen molar-refractivity contribution < 1.29 is 24.3 Å². The Labute approximate surface area is 158 Å². The Bertz CT molecular complexity index is 683. The van der Waals surface area contributed by atoms with E-state index >= 15 is 0 Å². The number of nitrogens with zero attached hydrogens (tertiary/aromatic N) is 1. The van der Waals surface area contributed by atoms with Crippen molar-refractivity contribution in [1.29, 1.82) is 0 Å². The zero-order valence-electron chi connectivity index (χ0n) is 15.7. The van der Waals surface area contributed by atoms with Crippen LogP contribution in [0.1, 0.15) is 52.0 Å². The normalized spacial score (nSPS) is 11.1. The number of hydrazone groups is 1. The lowest BCUT2D eigenvalue weighted by Crippen LogP contribution is -2.27. The molecule has 1 aromatic rings. The quantitative estimate of drug-likeness (QED) is 0.239. The standard InChI is InChI=1S/C18H26N4O5/c1-18(2,3)27-17(25)20-14-8-6-7-13(11-14)12-19-21-15(23)9-4-5-10-16(24)22-26/h6-8,11-12,26H,4-5,9-10H2,1-3H3,(H,20,25)(H,21,23)(H,22,24)/b19-12+. The summed E-state index contributed by atoms with van der Waals surface area (Å²) >= 11 is 0. The molecule has 9 nitrogen and oxygen atoms in total. The molecule has 1 aromatic carbocycles. The molecule has 1 rings (SSSR count). The van der Waals surface area contributed by atoms with Crippen LogP contribution in [0.2, 0.25) is 0 Å². The Morgan fingerprint density at radius 2 is 1.81 bits per heavy atom. The van der Waals surface area contributed by atoms with Crippen LogP contribution in [0.15, 0.2) is 29.4 Å². The molecule has 4 N–H and O–H groups in total. The average Bonchev–Trinajstić information content (AvgIpc) is 2.57. The fourth-order valence-corrected chi connectivity index (χ4v) is 1.98. The first-order valence-corrected chi connectivity index (χ1v) is 8.54. The Hall–Kier alpha value is -2.94. The first kappa shape index (κ1) is 22.1. The van der Waals surface area contributed by atoms with Crippen molar-refractivity contribution in [2.75, 3.05) is 5.32 Å². The molecule has 0 aliphatic rings. The van der Waals surface area contributed by atoms with Crippen LogP contribution in [0.3, 0.4) is 0 Å². The van der Waals surface area contributed by atoms with E-state index in [1.165, 1.54) is 11.7 Å². The number of benzene rings is 1. The van der Waals surface area contributed by atoms with Gasteiger partial charge in [0.25, 0.3) is 0 Å². The molecule has 9 heteroatoms. The van der Waals surface area contributed by atoms with Crippen LogP contribution in [-0.2, 0) is 14.3 Å². The van der Waals surface area contributed by atoms with Crippen LogP contribution in [-0.4, -0.2) is 34.9 Å². The molecule has 0 aromatic heterocycles. The van der Waals surface area contributed by atoms with E-state index in [-0.39, 0.29) is 18.7 Å². The fraction of sp³-hybridized carbons (Fsp3) is 0.444. The number of carbonyl (C=O) groups is 3. The van der Waals surface area contributed by atoms with E-state index in [0.29, 0.717) is 24.1 Å². The molecular formula is C18H26N4O5. The van der Waals surface area contributed by atoms with Gasteiger partial charge in [-0.2, -0.15) is 5.10 Å². The maximum atomic E-state index is 11.8. The number of carbonyl (C=O) groups excluding carboxylic acids is 3. The first-order valence-electron chi connectivity index (χ1n) is 8.54. The third-order valence-corrected chi connectivity index (χ3v) is 3.12. The molecule has 27 heavy (non-hydrogen) atoms. The Morgan fingerprint density at radius 1 is 1.15 bits per heavy atom. The summed E-state index contributed by atoms with van der Waals surface area (Å²) in [5.41, 5.74) is 4.57. The number of nitrogens with one attached hydrogen (secondary N) is 3. The van der Waals surface area contributed by atoms with Crippen molar-refractivity contribution in [3.05, 3.63) is 29.8 Å². The van der Waals surface area contributed by atoms with Gasteiger partial charge >= 0.3 is 6.09 Å². The predicted octanol–water partition coefficient (Wildman–Crippen LogP) is 2.55. The van der Waals surface area contributed by atoms with Gasteiger partial charge in [-0.15, -0.1) is 0 Å². The average molecular weight is 378 g/mol. The number of amides is 3. The maximum absolute atomic E-state index is 11.8. The highest BCUT2D eigenvalue weighted by Gasteiger charge is 2.16. The second-order valence-corrected chi connectivity index (χ2v) is 6.79. The summed E-state index contributed by atoms with van der Waals surface area (Å²) in [4.78, 5) is 34.2. The highest BCUT2D eigenvalue weighted by Crippen LogP contribution is 2.12. The summed E-state index contributed by atoms with van der Waals surface area (Å²) in [5, 5.41) is 14.8. The SMILES string of the molecule is CC(C)(C)OC(=O)Nc1cccc(/C=N/NC(=O)CCCCC(=O)NO)c1. The molecule has 0 fully saturated rings. The molecule has 0 aliphatic heterocycles. The molecule has 0 aliphatic carbocycles. The van der Waals surface area contributed by atoms with Gasteiger partial charge in [0.05, 0.1) is 6.21 Å². The largest absolute Gasteiger partial charge is 0.444 e. The third kappa shape index (κ3) is 10.6. The summed E-state index contributed by atoms with van der Waals surface area (Å²) < 4.78 is 5.18. The minimum absolute atomic E-state index is 0.157. The second kappa shape index (κ2) is 10.9. The van der Waals surface area contributed by atoms with Crippen molar-refractivity contribution in [1.82, 2.24) is 10.9 Å². The first-order chi connectivity index (χ1) is 12.7. The molecule has 0 saturated carbocycles. The number of unbranched alkanes of at least 4 members (excludes halogenated alkanes) is 1. The van der Waals surface area contributed by atoms with Crippen molar-refractivity contribution in [3.63, 3.8) is 0 Å². The molecule has 0 bridgehead atoms. The van der Waals surface area contributed by atoms with Gasteiger partial charge in [-0.1, -0.05) is 12.1 Å². The minimum Gasteiger partial charge on any atom is -0.444 e. The Balaban J connectivity index is 2.42. The highest BCUT2D eigenvalue weighted by atomic mass is 16.6. The molecule has 148 valence electrons. The van der Waals surface area contributed by atoms with Crippen LogP contribution in [0.25, 0.3) is 0 Å². The zero-order chi connectivity index (χ0) is 20.3. The summed E-state index contributed by atoms with van der Waals surface area (Å²) in [6, 6.07) is 6.90. The zero-order valence-corrected chi connectivity index (χ0v) is 15.7. The van der Waals surface area contributed by atoms with E-state index in [1.807, 2.05) is 0 Å². The minimum atomic E-state index is -0.588. The summed E-state index contributed by atoms with van der Waals surface area (Å²) in [6.07, 6.45) is 2.27. The van der Waals surface area contributed by atoms with E-state index in [1.54, 1.807) is 45.0 Å². The van der Waals surface area contributed by atoms with E-state index in [9.17, 15) is 14.4 Å². The van der Waals surface area contributed by atoms with E-state index in [4.69, 9.17) is 9.94 Å². The van der Waals surface area contributed by atoms with Gasteiger partial charge < -0.3 is 4.74 Å². The van der Waals surface area contributed by atoms with Crippen molar-refractivity contribution >= 4 is 29.8 Å². The Kier molecular flexibility index (Phi) is 8.94. The smallest absolute Gasteiger partial charge is 0.412 e. The lowest BCUT2D eigenvalue weighted by Gasteiger charge is -2.19. The molecule has 0 heterocycles. The number of hydroxylamine groups is 1. The van der Waals surface area contributed by atoms with Crippen molar-refractivity contribution in [2.24, 2.45) is 5.10 Å². The number of ether oxygens (including phenoxy) is 1. The Morgan fingerprint density at radius 3 is 2.44 bits per heavy atom. The van der Waals surface area contributed by atoms with Crippen LogP contribution in [0, 0.1) is 0 Å². The molecular weight excluding hydrogens is 352 g/mol. The molecule has 0 unspecified atom stereocenters. The number of hydrogen-bond donors (Lipinski definition) is 4. The van der Waals surface area contributed by atoms with E-state index in [0.717, 1.165) is 0 Å². The van der Waals surface area contributed by atoms with Crippen molar-refractivity contribution in [3.8, 4) is 0 Å². The predicted molar refractivity (Wildman–Crippen MR) is 100 cm³/mol. The van der Waals surface area contributed by atoms with Crippen LogP contribution in [0.4, 0.5) is 10.5 Å². The lowest BCUT2D eigenvalue weighted by molar-refractivity contribution is -0.129. The highest BCUT2D eigenvalue weighted by molar-refractivity contribution is 5.88. The molecule has 3 amide bonds. The number of anilines is 1. The lowest BCUT2D eigenvalue weighted by atomic mass is 10.2. The van der Waals surface area contributed by atoms with Crippen LogP contribution < -0.4 is 16.2 Å². The van der Waals surface area contributed by atoms with Gasteiger partial charge in [0.15, 0.2) is 0 Å². The van der Waals surface area contributed by atoms with E-state index < -0.39 is 17.6 Å². The molecule has 0 atom stereocenters. The van der Waals surface area contributed by atoms with Gasteiger partial charge in [0, 0.05) is 18.5 Å². The molecule has 0 radical (unpaired) electrons. The number of hydrogen-bond acceptors (Lipinski definition) is 6. The number of rotatable bonds is 8. The van der Waals surface area contributed by atoms with Gasteiger partial charge in [-0.3, -0.25) is 20.1 Å². The summed E-state index contributed by atoms with van der Waals surface area (Å²) in [6.45, 7) is 5.33. The molecule has 0 saturated heterocycles. The fourth-order valence-electron chi connectivity index (χ4n) is 1.98. The third-order valence-electron chi connectivity index (χ3n) is 3.12. The van der Waals surface area contributed by atoms with Crippen LogP contribution in [0.5, 0.6) is 0 Å². The van der Waals surface area contributed by atoms with Gasteiger partial charge in [0.1, 0.15) is 5.60 Å². The van der Waals surface area contributed by atoms with Crippen molar-refractivity contribution in [2.45, 2.75) is 52.1 Å². The topological polar surface area (TPSA) is 129 Å². The van der Waals surface area contributed by atoms with Crippen LogP contribution >= 0.6 is 0 Å². The summed E-state index contributed by atoms with van der Waals surface area (Å²) in [5.74, 6) is -0.757. The van der Waals surface area contributed by atoms with Gasteiger partial charge in [-0.05, 0) is 51.3 Å². The second-order valence-electron chi connectivity index (χ2n) is 6.79. The monoisotopic (exact) mass is 378 g/mol. The summed E-state index contributed by atoms with van der Waals surface area (Å²) in [7, 11) is 0. The van der Waals surface area contributed by atoms with Gasteiger partial charge in [-0.25, -0.2) is 15.7 Å². The maximum Gasteiger partial charge on any atom is 0.412 e. The van der Waals surface area contributed by atoms with Gasteiger partial charge in [0.2, 0.25) is 11.8 Å². The van der Waals surface area contributed by atoms with E-state index in [2.05, 4.69) is 15.8 Å². The molecule has 0 spiro atoms.